The van der Waals surface area contributed by atoms with E-state index in [0.717, 1.165) is 13.1 Å². The molecule has 0 amide bonds. The summed E-state index contributed by atoms with van der Waals surface area (Å²) >= 11 is 0. The summed E-state index contributed by atoms with van der Waals surface area (Å²) in [6, 6.07) is 8.34. The standard InChI is InChI=1S/C10H13NO/c1-8(12)11-6-9-4-2-3-5-10(9)7-11/h2-5,8,12H,6-7H2,1H3. The first-order valence-electron chi connectivity index (χ1n) is 4.26. The van der Waals surface area contributed by atoms with Crippen LogP contribution in [0.25, 0.3) is 0 Å². The first-order chi connectivity index (χ1) is 5.77. The van der Waals surface area contributed by atoms with E-state index in [9.17, 15) is 5.11 Å². The second-order valence-electron chi connectivity index (χ2n) is 3.31. The van der Waals surface area contributed by atoms with Crippen molar-refractivity contribution in [3.8, 4) is 0 Å². The summed E-state index contributed by atoms with van der Waals surface area (Å²) in [6.45, 7) is 3.58. The molecule has 1 aliphatic rings. The minimum atomic E-state index is -0.336. The Kier molecular flexibility index (Phi) is 1.87. The Bertz CT molecular complexity index is 258. The maximum Gasteiger partial charge on any atom is 0.105 e. The van der Waals surface area contributed by atoms with Gasteiger partial charge in [-0.15, -0.1) is 0 Å². The van der Waals surface area contributed by atoms with Gasteiger partial charge in [0.2, 0.25) is 0 Å². The van der Waals surface area contributed by atoms with Crippen LogP contribution in [0.4, 0.5) is 0 Å². The minimum Gasteiger partial charge on any atom is -0.379 e. The van der Waals surface area contributed by atoms with Crippen LogP contribution in [0.5, 0.6) is 0 Å². The van der Waals surface area contributed by atoms with E-state index in [-0.39, 0.29) is 6.23 Å². The number of rotatable bonds is 1. The van der Waals surface area contributed by atoms with Crippen LogP contribution in [0.1, 0.15) is 18.1 Å². The second kappa shape index (κ2) is 2.88. The zero-order valence-corrected chi connectivity index (χ0v) is 7.20. The van der Waals surface area contributed by atoms with Crippen LogP contribution in [-0.2, 0) is 13.1 Å². The number of fused-ring (bicyclic) bond motifs is 1. The Morgan fingerprint density at radius 3 is 2.17 bits per heavy atom. The van der Waals surface area contributed by atoms with E-state index in [0.29, 0.717) is 0 Å². The van der Waals surface area contributed by atoms with Crippen molar-refractivity contribution in [3.05, 3.63) is 35.4 Å². The highest BCUT2D eigenvalue weighted by Crippen LogP contribution is 2.22. The molecule has 1 N–H and O–H groups in total. The molecule has 1 aliphatic heterocycles. The van der Waals surface area contributed by atoms with Crippen LogP contribution in [0.2, 0.25) is 0 Å². The van der Waals surface area contributed by atoms with Crippen molar-refractivity contribution in [1.82, 2.24) is 4.90 Å². The lowest BCUT2D eigenvalue weighted by atomic mass is 10.1. The molecule has 0 radical (unpaired) electrons. The molecule has 0 aromatic heterocycles. The van der Waals surface area contributed by atoms with Gasteiger partial charge in [-0.3, -0.25) is 4.90 Å². The molecule has 2 nitrogen and oxygen atoms in total. The Morgan fingerprint density at radius 1 is 1.25 bits per heavy atom. The second-order valence-corrected chi connectivity index (χ2v) is 3.31. The topological polar surface area (TPSA) is 23.5 Å². The lowest BCUT2D eigenvalue weighted by Crippen LogP contribution is -2.26. The van der Waals surface area contributed by atoms with Crippen LogP contribution >= 0.6 is 0 Å². The molecule has 0 saturated heterocycles. The number of hydrogen-bond donors (Lipinski definition) is 1. The largest absolute Gasteiger partial charge is 0.379 e. The number of benzene rings is 1. The number of aliphatic hydroxyl groups excluding tert-OH is 1. The van der Waals surface area contributed by atoms with Gasteiger partial charge in [0.15, 0.2) is 0 Å². The molecule has 0 saturated carbocycles. The summed E-state index contributed by atoms with van der Waals surface area (Å²) in [5.74, 6) is 0. The lowest BCUT2D eigenvalue weighted by Gasteiger charge is -2.17. The SMILES string of the molecule is CC(O)N1Cc2ccccc2C1. The molecule has 2 rings (SSSR count). The van der Waals surface area contributed by atoms with Crippen molar-refractivity contribution in [2.75, 3.05) is 0 Å². The van der Waals surface area contributed by atoms with Gasteiger partial charge in [-0.2, -0.15) is 0 Å². The third-order valence-corrected chi connectivity index (χ3v) is 2.39. The first-order valence-corrected chi connectivity index (χ1v) is 4.26. The van der Waals surface area contributed by atoms with Gasteiger partial charge in [-0.1, -0.05) is 24.3 Å². The Morgan fingerprint density at radius 2 is 1.75 bits per heavy atom. The fourth-order valence-electron chi connectivity index (χ4n) is 1.62. The summed E-state index contributed by atoms with van der Waals surface area (Å²) < 4.78 is 0. The first kappa shape index (κ1) is 7.77. The van der Waals surface area contributed by atoms with E-state index in [1.54, 1.807) is 0 Å². The van der Waals surface area contributed by atoms with Gasteiger partial charge in [-0.05, 0) is 18.1 Å². The molecule has 12 heavy (non-hydrogen) atoms. The number of aliphatic hydroxyl groups is 1. The maximum atomic E-state index is 9.35. The van der Waals surface area contributed by atoms with Gasteiger partial charge in [0.1, 0.15) is 6.23 Å². The molecule has 0 bridgehead atoms. The van der Waals surface area contributed by atoms with E-state index in [1.807, 2.05) is 24.0 Å². The zero-order chi connectivity index (χ0) is 8.55. The van der Waals surface area contributed by atoms with Crippen molar-refractivity contribution in [2.24, 2.45) is 0 Å². The predicted octanol–water partition coefficient (Wildman–Crippen LogP) is 1.34. The zero-order valence-electron chi connectivity index (χ0n) is 7.20. The van der Waals surface area contributed by atoms with Gasteiger partial charge in [0, 0.05) is 13.1 Å². The summed E-state index contributed by atoms with van der Waals surface area (Å²) in [5.41, 5.74) is 2.69. The molecular weight excluding hydrogens is 150 g/mol. The van der Waals surface area contributed by atoms with Crippen molar-refractivity contribution in [2.45, 2.75) is 26.2 Å². The van der Waals surface area contributed by atoms with Crippen LogP contribution in [0, 0.1) is 0 Å². The molecule has 0 aliphatic carbocycles. The lowest BCUT2D eigenvalue weighted by molar-refractivity contribution is 0.0157. The number of nitrogens with zero attached hydrogens (tertiary/aromatic N) is 1. The van der Waals surface area contributed by atoms with E-state index >= 15 is 0 Å². The highest BCUT2D eigenvalue weighted by Gasteiger charge is 2.20. The molecule has 2 heteroatoms. The maximum absolute atomic E-state index is 9.35. The summed E-state index contributed by atoms with van der Waals surface area (Å²) in [7, 11) is 0. The van der Waals surface area contributed by atoms with Gasteiger partial charge >= 0.3 is 0 Å². The number of hydrogen-bond acceptors (Lipinski definition) is 2. The molecule has 1 aromatic rings. The summed E-state index contributed by atoms with van der Waals surface area (Å²) in [5, 5.41) is 9.35. The molecule has 1 aromatic carbocycles. The molecule has 1 heterocycles. The van der Waals surface area contributed by atoms with Gasteiger partial charge in [-0.25, -0.2) is 0 Å². The highest BCUT2D eigenvalue weighted by atomic mass is 16.3. The molecule has 0 spiro atoms. The van der Waals surface area contributed by atoms with Crippen molar-refractivity contribution >= 4 is 0 Å². The van der Waals surface area contributed by atoms with Crippen molar-refractivity contribution < 1.29 is 5.11 Å². The minimum absolute atomic E-state index is 0.336. The third-order valence-electron chi connectivity index (χ3n) is 2.39. The van der Waals surface area contributed by atoms with E-state index < -0.39 is 0 Å². The summed E-state index contributed by atoms with van der Waals surface area (Å²) in [6.07, 6.45) is -0.336. The van der Waals surface area contributed by atoms with Gasteiger partial charge < -0.3 is 5.11 Å². The molecule has 1 unspecified atom stereocenters. The highest BCUT2D eigenvalue weighted by molar-refractivity contribution is 5.30. The third kappa shape index (κ3) is 1.24. The fraction of sp³-hybridized carbons (Fsp3) is 0.400. The van der Waals surface area contributed by atoms with E-state index in [2.05, 4.69) is 12.1 Å². The van der Waals surface area contributed by atoms with E-state index in [1.165, 1.54) is 11.1 Å². The quantitative estimate of drug-likeness (QED) is 0.675. The molecule has 64 valence electrons. The molecule has 1 atom stereocenters. The average molecular weight is 163 g/mol. The summed E-state index contributed by atoms with van der Waals surface area (Å²) in [4.78, 5) is 2.05. The van der Waals surface area contributed by atoms with E-state index in [4.69, 9.17) is 0 Å². The van der Waals surface area contributed by atoms with Crippen LogP contribution in [0.15, 0.2) is 24.3 Å². The van der Waals surface area contributed by atoms with Crippen LogP contribution in [0.3, 0.4) is 0 Å². The van der Waals surface area contributed by atoms with Gasteiger partial charge in [0.05, 0.1) is 0 Å². The van der Waals surface area contributed by atoms with Crippen LogP contribution in [-0.4, -0.2) is 16.2 Å². The normalized spacial score (nSPS) is 19.2. The smallest absolute Gasteiger partial charge is 0.105 e. The molecular formula is C10H13NO. The monoisotopic (exact) mass is 163 g/mol. The molecule has 0 fully saturated rings. The van der Waals surface area contributed by atoms with Gasteiger partial charge in [0.25, 0.3) is 0 Å². The Labute approximate surface area is 72.4 Å². The fourth-order valence-corrected chi connectivity index (χ4v) is 1.62. The van der Waals surface area contributed by atoms with Crippen molar-refractivity contribution in [1.29, 1.82) is 0 Å². The predicted molar refractivity (Wildman–Crippen MR) is 47.4 cm³/mol. The Balaban J connectivity index is 2.22. The average Bonchev–Trinajstić information content (AvgIpc) is 2.46. The van der Waals surface area contributed by atoms with Crippen molar-refractivity contribution in [3.63, 3.8) is 0 Å². The van der Waals surface area contributed by atoms with Crippen LogP contribution < -0.4 is 0 Å². The Hall–Kier alpha value is -0.860.